The molecule has 0 bridgehead atoms. The van der Waals surface area contributed by atoms with Crippen LogP contribution in [0.3, 0.4) is 0 Å². The number of hydrogen-bond donors (Lipinski definition) is 0. The number of nitriles is 1. The van der Waals surface area contributed by atoms with Gasteiger partial charge in [-0.3, -0.25) is 0 Å². The molecule has 0 unspecified atom stereocenters. The first-order valence-electron chi connectivity index (χ1n) is 7.97. The fourth-order valence-electron chi connectivity index (χ4n) is 2.85. The van der Waals surface area contributed by atoms with Gasteiger partial charge in [-0.05, 0) is 64.2 Å². The van der Waals surface area contributed by atoms with Crippen molar-refractivity contribution in [3.63, 3.8) is 0 Å². The van der Waals surface area contributed by atoms with E-state index in [1.54, 1.807) is 0 Å². The van der Waals surface area contributed by atoms with Crippen LogP contribution < -0.4 is 5.46 Å². The number of halogens is 3. The summed E-state index contributed by atoms with van der Waals surface area (Å²) < 4.78 is 51.6. The lowest BCUT2D eigenvalue weighted by molar-refractivity contribution is -0.137. The Morgan fingerprint density at radius 3 is 2.08 bits per heavy atom. The van der Waals surface area contributed by atoms with Gasteiger partial charge in [0, 0.05) is 5.46 Å². The van der Waals surface area contributed by atoms with Crippen LogP contribution in [0, 0.1) is 11.3 Å². The highest BCUT2D eigenvalue weighted by Crippen LogP contribution is 2.44. The van der Waals surface area contributed by atoms with Crippen LogP contribution >= 0.6 is 0 Å². The Balaban J connectivity index is 2.13. The fraction of sp³-hybridized carbons (Fsp3) is 0.588. The van der Waals surface area contributed by atoms with Gasteiger partial charge in [-0.15, -0.1) is 0 Å². The molecule has 3 nitrogen and oxygen atoms in total. The van der Waals surface area contributed by atoms with Crippen LogP contribution in [0.2, 0.25) is 0 Å². The van der Waals surface area contributed by atoms with Gasteiger partial charge in [-0.2, -0.15) is 18.4 Å². The van der Waals surface area contributed by atoms with Gasteiger partial charge in [0.15, 0.2) is 0 Å². The molecule has 128 valence electrons. The van der Waals surface area contributed by atoms with E-state index in [0.29, 0.717) is 5.56 Å². The summed E-state index contributed by atoms with van der Waals surface area (Å²) in [6.45, 7) is 7.31. The molecular formula is C17H19BF3NO2. The highest BCUT2D eigenvalue weighted by molar-refractivity contribution is 6.63. The third-order valence-electron chi connectivity index (χ3n) is 5.16. The summed E-state index contributed by atoms with van der Waals surface area (Å²) in [5.41, 5.74) is -1.24. The van der Waals surface area contributed by atoms with E-state index in [2.05, 4.69) is 6.07 Å². The Morgan fingerprint density at radius 2 is 1.67 bits per heavy atom. The number of rotatable bonds is 2. The van der Waals surface area contributed by atoms with Crippen molar-refractivity contribution in [1.82, 2.24) is 0 Å². The van der Waals surface area contributed by atoms with Crippen molar-refractivity contribution in [2.45, 2.75) is 63.8 Å². The molecular weight excluding hydrogens is 318 g/mol. The van der Waals surface area contributed by atoms with Crippen LogP contribution in [-0.2, 0) is 15.5 Å². The lowest BCUT2D eigenvalue weighted by Gasteiger charge is -2.32. The first-order chi connectivity index (χ1) is 11.0. The summed E-state index contributed by atoms with van der Waals surface area (Å²) in [7, 11) is -0.982. The van der Waals surface area contributed by atoms with E-state index in [4.69, 9.17) is 9.31 Å². The third kappa shape index (κ3) is 2.82. The third-order valence-corrected chi connectivity index (χ3v) is 5.16. The van der Waals surface area contributed by atoms with Crippen LogP contribution in [0.5, 0.6) is 0 Å². The van der Waals surface area contributed by atoms with Gasteiger partial charge in [-0.1, -0.05) is 0 Å². The molecule has 0 radical (unpaired) electrons. The van der Waals surface area contributed by atoms with E-state index >= 15 is 0 Å². The number of benzene rings is 1. The molecule has 24 heavy (non-hydrogen) atoms. The van der Waals surface area contributed by atoms with Crippen molar-refractivity contribution < 1.29 is 22.5 Å². The van der Waals surface area contributed by atoms with Gasteiger partial charge in [0.25, 0.3) is 0 Å². The van der Waals surface area contributed by atoms with Gasteiger partial charge in [0.1, 0.15) is 0 Å². The van der Waals surface area contributed by atoms with Crippen LogP contribution in [0.1, 0.15) is 63.1 Å². The molecule has 2 aliphatic rings. The van der Waals surface area contributed by atoms with Crippen LogP contribution in [-0.4, -0.2) is 18.3 Å². The molecule has 3 rings (SSSR count). The minimum absolute atomic E-state index is 0.0168. The molecule has 2 fully saturated rings. The smallest absolute Gasteiger partial charge is 0.399 e. The molecule has 7 heteroatoms. The zero-order valence-electron chi connectivity index (χ0n) is 14.1. The van der Waals surface area contributed by atoms with Crippen molar-refractivity contribution >= 4 is 12.6 Å². The molecule has 1 aromatic carbocycles. The van der Waals surface area contributed by atoms with Crippen molar-refractivity contribution in [1.29, 1.82) is 5.26 Å². The number of hydrogen-bond acceptors (Lipinski definition) is 3. The fourth-order valence-corrected chi connectivity index (χ4v) is 2.85. The lowest BCUT2D eigenvalue weighted by Crippen LogP contribution is -2.41. The summed E-state index contributed by atoms with van der Waals surface area (Å²) >= 11 is 0. The maximum atomic E-state index is 13.3. The molecule has 1 saturated heterocycles. The standard InChI is InChI=1S/C17H19BF3NO2/c1-15(2)16(3,4)24-18(23-15)14-8-11(17(19,20)21)7-12(10-5-6-10)13(14)9-22/h7-8,10H,5-6H2,1-4H3. The average molecular weight is 337 g/mol. The predicted octanol–water partition coefficient (Wildman–Crippen LogP) is 3.75. The van der Waals surface area contributed by atoms with E-state index in [-0.39, 0.29) is 16.9 Å². The second-order valence-electron chi connectivity index (χ2n) is 7.50. The summed E-state index contributed by atoms with van der Waals surface area (Å²) in [6, 6.07) is 4.16. The van der Waals surface area contributed by atoms with Crippen molar-refractivity contribution in [2.75, 3.05) is 0 Å². The van der Waals surface area contributed by atoms with E-state index in [1.165, 1.54) is 0 Å². The van der Waals surface area contributed by atoms with Crippen molar-refractivity contribution in [3.05, 3.63) is 28.8 Å². The molecule has 1 aromatic rings. The van der Waals surface area contributed by atoms with Gasteiger partial charge in [0.05, 0.1) is 28.4 Å². The summed E-state index contributed by atoms with van der Waals surface area (Å²) in [5.74, 6) is 0.0168. The van der Waals surface area contributed by atoms with E-state index < -0.39 is 30.1 Å². The predicted molar refractivity (Wildman–Crippen MR) is 83.9 cm³/mol. The quantitative estimate of drug-likeness (QED) is 0.772. The van der Waals surface area contributed by atoms with E-state index in [1.807, 2.05) is 27.7 Å². The van der Waals surface area contributed by atoms with Crippen molar-refractivity contribution in [3.8, 4) is 6.07 Å². The second-order valence-corrected chi connectivity index (χ2v) is 7.50. The minimum atomic E-state index is -4.48. The Kier molecular flexibility index (Phi) is 3.78. The zero-order chi connectivity index (χ0) is 17.9. The Hall–Kier alpha value is -1.52. The summed E-state index contributed by atoms with van der Waals surface area (Å²) in [6.07, 6.45) is -2.87. The molecule has 0 amide bonds. The highest BCUT2D eigenvalue weighted by Gasteiger charge is 2.53. The van der Waals surface area contributed by atoms with Crippen LogP contribution in [0.4, 0.5) is 13.2 Å². The normalized spacial score (nSPS) is 22.5. The van der Waals surface area contributed by atoms with E-state index in [0.717, 1.165) is 25.0 Å². The van der Waals surface area contributed by atoms with Gasteiger partial charge in [-0.25, -0.2) is 0 Å². The highest BCUT2D eigenvalue weighted by atomic mass is 19.4. The molecule has 0 spiro atoms. The lowest BCUT2D eigenvalue weighted by atomic mass is 9.73. The van der Waals surface area contributed by atoms with E-state index in [9.17, 15) is 18.4 Å². The van der Waals surface area contributed by atoms with Crippen molar-refractivity contribution in [2.24, 2.45) is 0 Å². The molecule has 0 atom stereocenters. The van der Waals surface area contributed by atoms with Gasteiger partial charge < -0.3 is 9.31 Å². The SMILES string of the molecule is CC1(C)OB(c2cc(C(F)(F)F)cc(C3CC3)c2C#N)OC1(C)C. The molecule has 1 saturated carbocycles. The van der Waals surface area contributed by atoms with Gasteiger partial charge in [0.2, 0.25) is 0 Å². The molecule has 1 aliphatic carbocycles. The zero-order valence-corrected chi connectivity index (χ0v) is 14.1. The molecule has 0 aromatic heterocycles. The maximum Gasteiger partial charge on any atom is 0.496 e. The Labute approximate surface area is 139 Å². The summed E-state index contributed by atoms with van der Waals surface area (Å²) in [5, 5.41) is 9.55. The van der Waals surface area contributed by atoms with Crippen LogP contribution in [0.25, 0.3) is 0 Å². The summed E-state index contributed by atoms with van der Waals surface area (Å²) in [4.78, 5) is 0. The Morgan fingerprint density at radius 1 is 1.12 bits per heavy atom. The molecule has 1 aliphatic heterocycles. The second kappa shape index (κ2) is 5.24. The minimum Gasteiger partial charge on any atom is -0.399 e. The monoisotopic (exact) mass is 337 g/mol. The average Bonchev–Trinajstić information content (AvgIpc) is 3.24. The first kappa shape index (κ1) is 17.3. The van der Waals surface area contributed by atoms with Crippen LogP contribution in [0.15, 0.2) is 12.1 Å². The van der Waals surface area contributed by atoms with Gasteiger partial charge >= 0.3 is 13.3 Å². The molecule has 1 heterocycles. The maximum absolute atomic E-state index is 13.3. The Bertz CT molecular complexity index is 702. The molecule has 0 N–H and O–H groups in total. The number of nitrogens with zero attached hydrogens (tertiary/aromatic N) is 1. The first-order valence-corrected chi connectivity index (χ1v) is 7.97. The topological polar surface area (TPSA) is 42.2 Å². The number of alkyl halides is 3. The largest absolute Gasteiger partial charge is 0.496 e.